The first-order valence-electron chi connectivity index (χ1n) is 6.47. The predicted octanol–water partition coefficient (Wildman–Crippen LogP) is 2.21. The second-order valence-corrected chi connectivity index (χ2v) is 6.05. The van der Waals surface area contributed by atoms with Crippen LogP contribution < -0.4 is 11.1 Å². The highest BCUT2D eigenvalue weighted by Crippen LogP contribution is 2.25. The number of para-hydroxylation sites is 1. The van der Waals surface area contributed by atoms with E-state index >= 15 is 0 Å². The number of carbonyl (C=O) groups is 1. The Bertz CT molecular complexity index is 403. The van der Waals surface area contributed by atoms with E-state index in [2.05, 4.69) is 5.32 Å². The third-order valence-electron chi connectivity index (χ3n) is 3.23. The van der Waals surface area contributed by atoms with E-state index in [1.807, 2.05) is 36.0 Å². The van der Waals surface area contributed by atoms with Gasteiger partial charge in [-0.25, -0.2) is 0 Å². The van der Waals surface area contributed by atoms with Crippen molar-refractivity contribution in [2.24, 2.45) is 0 Å². The van der Waals surface area contributed by atoms with Crippen LogP contribution in [0, 0.1) is 0 Å². The van der Waals surface area contributed by atoms with E-state index in [0.717, 1.165) is 24.2 Å². The van der Waals surface area contributed by atoms with Crippen LogP contribution in [0.2, 0.25) is 0 Å². The molecule has 1 aliphatic heterocycles. The van der Waals surface area contributed by atoms with Gasteiger partial charge in [0.05, 0.1) is 0 Å². The number of nitrogens with two attached hydrogens (primary N) is 1. The first-order valence-corrected chi connectivity index (χ1v) is 7.52. The van der Waals surface area contributed by atoms with Crippen LogP contribution in [0.25, 0.3) is 0 Å². The van der Waals surface area contributed by atoms with Gasteiger partial charge in [-0.15, -0.1) is 0 Å². The maximum absolute atomic E-state index is 11.7. The molecule has 1 heterocycles. The normalized spacial score (nSPS) is 18.8. The fraction of sp³-hybridized carbons (Fsp3) is 0.500. The summed E-state index contributed by atoms with van der Waals surface area (Å²) in [6, 6.07) is 7.73. The van der Waals surface area contributed by atoms with Crippen molar-refractivity contribution in [2.45, 2.75) is 30.9 Å². The average molecular weight is 264 g/mol. The Morgan fingerprint density at radius 3 is 3.00 bits per heavy atom. The monoisotopic (exact) mass is 264 g/mol. The van der Waals surface area contributed by atoms with Gasteiger partial charge in [-0.2, -0.15) is 11.8 Å². The van der Waals surface area contributed by atoms with Crippen molar-refractivity contribution in [1.29, 1.82) is 0 Å². The van der Waals surface area contributed by atoms with E-state index in [9.17, 15) is 4.79 Å². The third kappa shape index (κ3) is 3.95. The lowest BCUT2D eigenvalue weighted by atomic mass is 10.1. The van der Waals surface area contributed by atoms with Gasteiger partial charge in [0.25, 0.3) is 0 Å². The van der Waals surface area contributed by atoms with E-state index < -0.39 is 0 Å². The lowest BCUT2D eigenvalue weighted by molar-refractivity contribution is -0.121. The lowest BCUT2D eigenvalue weighted by Gasteiger charge is -2.10. The minimum atomic E-state index is 0.130. The highest BCUT2D eigenvalue weighted by atomic mass is 32.2. The maximum atomic E-state index is 11.7. The van der Waals surface area contributed by atoms with E-state index in [-0.39, 0.29) is 5.91 Å². The van der Waals surface area contributed by atoms with Crippen LogP contribution in [0.3, 0.4) is 0 Å². The zero-order valence-electron chi connectivity index (χ0n) is 10.5. The Kier molecular flexibility index (Phi) is 4.93. The molecular weight excluding hydrogens is 244 g/mol. The first-order chi connectivity index (χ1) is 8.75. The van der Waals surface area contributed by atoms with Crippen LogP contribution in [0.15, 0.2) is 24.3 Å². The van der Waals surface area contributed by atoms with Crippen LogP contribution in [0.5, 0.6) is 0 Å². The standard InChI is InChI=1S/C14H20N2OS/c15-13-6-2-1-4-11(13)7-8-14(17)16-10-12-5-3-9-18-12/h1-2,4,6,12H,3,5,7-10,15H2,(H,16,17). The van der Waals surface area contributed by atoms with E-state index in [1.54, 1.807) is 0 Å². The summed E-state index contributed by atoms with van der Waals surface area (Å²) in [5, 5.41) is 3.63. The average Bonchev–Trinajstić information content (AvgIpc) is 2.88. The molecule has 0 spiro atoms. The van der Waals surface area contributed by atoms with Gasteiger partial charge in [0.1, 0.15) is 0 Å². The van der Waals surface area contributed by atoms with Gasteiger partial charge in [0, 0.05) is 23.9 Å². The summed E-state index contributed by atoms with van der Waals surface area (Å²) in [6.07, 6.45) is 3.75. The largest absolute Gasteiger partial charge is 0.399 e. The van der Waals surface area contributed by atoms with Crippen LogP contribution in [-0.2, 0) is 11.2 Å². The zero-order valence-corrected chi connectivity index (χ0v) is 11.3. The molecule has 1 fully saturated rings. The van der Waals surface area contributed by atoms with Crippen molar-refractivity contribution >= 4 is 23.4 Å². The smallest absolute Gasteiger partial charge is 0.220 e. The second-order valence-electron chi connectivity index (χ2n) is 4.64. The van der Waals surface area contributed by atoms with Crippen LogP contribution >= 0.6 is 11.8 Å². The number of anilines is 1. The molecule has 0 radical (unpaired) electrons. The Hall–Kier alpha value is -1.16. The number of benzene rings is 1. The molecule has 18 heavy (non-hydrogen) atoms. The molecule has 1 aliphatic rings. The summed E-state index contributed by atoms with van der Waals surface area (Å²) in [6.45, 7) is 0.813. The number of rotatable bonds is 5. The van der Waals surface area contributed by atoms with Gasteiger partial charge in [-0.3, -0.25) is 4.79 Å². The summed E-state index contributed by atoms with van der Waals surface area (Å²) in [7, 11) is 0. The summed E-state index contributed by atoms with van der Waals surface area (Å²) in [5.74, 6) is 1.37. The molecule has 1 atom stereocenters. The zero-order chi connectivity index (χ0) is 12.8. The van der Waals surface area contributed by atoms with Crippen molar-refractivity contribution in [1.82, 2.24) is 5.32 Å². The van der Waals surface area contributed by atoms with Crippen molar-refractivity contribution in [2.75, 3.05) is 18.0 Å². The van der Waals surface area contributed by atoms with E-state index in [4.69, 9.17) is 5.73 Å². The molecule has 1 saturated heterocycles. The number of aryl methyl sites for hydroxylation is 1. The number of hydrogen-bond acceptors (Lipinski definition) is 3. The molecular formula is C14H20N2OS. The van der Waals surface area contributed by atoms with Crippen LogP contribution in [0.1, 0.15) is 24.8 Å². The molecule has 0 aromatic heterocycles. The summed E-state index contributed by atoms with van der Waals surface area (Å²) in [5.41, 5.74) is 7.68. The summed E-state index contributed by atoms with van der Waals surface area (Å²) >= 11 is 1.97. The van der Waals surface area contributed by atoms with Gasteiger partial charge in [-0.1, -0.05) is 18.2 Å². The Morgan fingerprint density at radius 2 is 2.28 bits per heavy atom. The third-order valence-corrected chi connectivity index (χ3v) is 4.63. The summed E-state index contributed by atoms with van der Waals surface area (Å²) < 4.78 is 0. The topological polar surface area (TPSA) is 55.1 Å². The molecule has 3 nitrogen and oxygen atoms in total. The number of thioether (sulfide) groups is 1. The van der Waals surface area contributed by atoms with E-state index in [1.165, 1.54) is 18.6 Å². The highest BCUT2D eigenvalue weighted by Gasteiger charge is 2.16. The first kappa shape index (κ1) is 13.3. The number of nitrogens with one attached hydrogen (secondary N) is 1. The molecule has 4 heteroatoms. The second kappa shape index (κ2) is 6.69. The van der Waals surface area contributed by atoms with Crippen molar-refractivity contribution < 1.29 is 4.79 Å². The van der Waals surface area contributed by atoms with Gasteiger partial charge >= 0.3 is 0 Å². The van der Waals surface area contributed by atoms with Crippen molar-refractivity contribution in [3.05, 3.63) is 29.8 Å². The molecule has 1 aromatic carbocycles. The number of hydrogen-bond donors (Lipinski definition) is 2. The predicted molar refractivity (Wildman–Crippen MR) is 77.7 cm³/mol. The maximum Gasteiger partial charge on any atom is 0.220 e. The number of carbonyl (C=O) groups excluding carboxylic acids is 1. The van der Waals surface area contributed by atoms with Gasteiger partial charge in [-0.05, 0) is 36.6 Å². The number of nitrogen functional groups attached to an aromatic ring is 1. The van der Waals surface area contributed by atoms with Gasteiger partial charge in [0.2, 0.25) is 5.91 Å². The minimum absolute atomic E-state index is 0.130. The summed E-state index contributed by atoms with van der Waals surface area (Å²) in [4.78, 5) is 11.7. The molecule has 0 bridgehead atoms. The minimum Gasteiger partial charge on any atom is -0.399 e. The molecule has 3 N–H and O–H groups in total. The van der Waals surface area contributed by atoms with Gasteiger partial charge < -0.3 is 11.1 Å². The highest BCUT2D eigenvalue weighted by molar-refractivity contribution is 8.00. The molecule has 2 rings (SSSR count). The van der Waals surface area contributed by atoms with Crippen LogP contribution in [0.4, 0.5) is 5.69 Å². The molecule has 1 amide bonds. The molecule has 1 unspecified atom stereocenters. The fourth-order valence-electron chi connectivity index (χ4n) is 2.13. The lowest BCUT2D eigenvalue weighted by Crippen LogP contribution is -2.29. The Labute approximate surface area is 113 Å². The van der Waals surface area contributed by atoms with Crippen molar-refractivity contribution in [3.63, 3.8) is 0 Å². The number of amides is 1. The van der Waals surface area contributed by atoms with Crippen LogP contribution in [-0.4, -0.2) is 23.5 Å². The Morgan fingerprint density at radius 1 is 1.44 bits per heavy atom. The fourth-order valence-corrected chi connectivity index (χ4v) is 3.33. The Balaban J connectivity index is 1.69. The quantitative estimate of drug-likeness (QED) is 0.802. The molecule has 1 aromatic rings. The van der Waals surface area contributed by atoms with Gasteiger partial charge in [0.15, 0.2) is 0 Å². The molecule has 0 saturated carbocycles. The molecule has 0 aliphatic carbocycles. The van der Waals surface area contributed by atoms with Crippen molar-refractivity contribution in [3.8, 4) is 0 Å². The SMILES string of the molecule is Nc1ccccc1CCC(=O)NCC1CCCS1. The van der Waals surface area contributed by atoms with E-state index in [0.29, 0.717) is 11.7 Å². The molecule has 98 valence electrons.